The van der Waals surface area contributed by atoms with Gasteiger partial charge in [0.15, 0.2) is 0 Å². The predicted molar refractivity (Wildman–Crippen MR) is 75.8 cm³/mol. The fraction of sp³-hybridized carbons (Fsp3) is 0.375. The summed E-state index contributed by atoms with van der Waals surface area (Å²) in [6, 6.07) is 8.70. The molecule has 0 fully saturated rings. The number of nitrogens with zero attached hydrogens (tertiary/aromatic N) is 3. The predicted octanol–water partition coefficient (Wildman–Crippen LogP) is 3.29. The van der Waals surface area contributed by atoms with Gasteiger partial charge in [-0.25, -0.2) is 4.98 Å². The summed E-state index contributed by atoms with van der Waals surface area (Å²) in [6.45, 7) is 7.38. The van der Waals surface area contributed by atoms with E-state index in [1.165, 1.54) is 11.1 Å². The first-order valence-electron chi connectivity index (χ1n) is 6.45. The zero-order valence-electron chi connectivity index (χ0n) is 11.7. The highest BCUT2D eigenvalue weighted by Crippen LogP contribution is 2.25. The third kappa shape index (κ3) is 3.45. The monoisotopic (exact) mass is 253 g/mol. The Labute approximate surface area is 114 Å². The molecule has 0 saturated carbocycles. The Bertz CT molecular complexity index is 583. The van der Waals surface area contributed by atoms with Gasteiger partial charge in [0.1, 0.15) is 0 Å². The van der Waals surface area contributed by atoms with Gasteiger partial charge in [-0.3, -0.25) is 0 Å². The third-order valence-electron chi connectivity index (χ3n) is 3.13. The molecule has 1 aromatic carbocycles. The van der Waals surface area contributed by atoms with Crippen molar-refractivity contribution in [1.29, 1.82) is 5.26 Å². The second-order valence-electron chi connectivity index (χ2n) is 5.86. The lowest BCUT2D eigenvalue weighted by Gasteiger charge is -2.21. The van der Waals surface area contributed by atoms with Crippen LogP contribution in [0.5, 0.6) is 0 Å². The first kappa shape index (κ1) is 13.4. The number of hydrogen-bond acceptors (Lipinski definition) is 2. The fourth-order valence-corrected chi connectivity index (χ4v) is 2.07. The maximum atomic E-state index is 8.90. The van der Waals surface area contributed by atoms with Gasteiger partial charge in [0, 0.05) is 18.9 Å². The molecule has 0 aliphatic carbocycles. The van der Waals surface area contributed by atoms with Crippen LogP contribution >= 0.6 is 0 Å². The van der Waals surface area contributed by atoms with Crippen molar-refractivity contribution in [2.75, 3.05) is 0 Å². The number of imidazole rings is 1. The standard InChI is InChI=1S/C16H19N3/c1-16(2,3)15-9-13(4-5-17)8-14(10-15)11-19-7-6-18-12-19/h6-10,12H,4,11H2,1-3H3. The zero-order chi connectivity index (χ0) is 13.9. The van der Waals surface area contributed by atoms with Crippen molar-refractivity contribution in [3.8, 4) is 6.07 Å². The quantitative estimate of drug-likeness (QED) is 0.842. The summed E-state index contributed by atoms with van der Waals surface area (Å²) in [6.07, 6.45) is 6.01. The number of rotatable bonds is 3. The van der Waals surface area contributed by atoms with E-state index in [4.69, 9.17) is 5.26 Å². The van der Waals surface area contributed by atoms with Crippen molar-refractivity contribution in [2.24, 2.45) is 0 Å². The topological polar surface area (TPSA) is 41.6 Å². The van der Waals surface area contributed by atoms with Gasteiger partial charge in [-0.15, -0.1) is 0 Å². The molecule has 0 N–H and O–H groups in total. The van der Waals surface area contributed by atoms with Crippen molar-refractivity contribution < 1.29 is 0 Å². The maximum absolute atomic E-state index is 8.90. The summed E-state index contributed by atoms with van der Waals surface area (Å²) in [4.78, 5) is 4.06. The lowest BCUT2D eigenvalue weighted by atomic mass is 9.84. The van der Waals surface area contributed by atoms with E-state index < -0.39 is 0 Å². The fourth-order valence-electron chi connectivity index (χ4n) is 2.07. The van der Waals surface area contributed by atoms with Gasteiger partial charge in [0.25, 0.3) is 0 Å². The summed E-state index contributed by atoms with van der Waals surface area (Å²) < 4.78 is 2.04. The van der Waals surface area contributed by atoms with Gasteiger partial charge in [-0.05, 0) is 22.1 Å². The summed E-state index contributed by atoms with van der Waals surface area (Å²) in [5, 5.41) is 8.90. The molecule has 2 aromatic rings. The van der Waals surface area contributed by atoms with E-state index in [2.05, 4.69) is 50.0 Å². The highest BCUT2D eigenvalue weighted by atomic mass is 15.0. The van der Waals surface area contributed by atoms with Crippen molar-refractivity contribution in [3.05, 3.63) is 53.6 Å². The Kier molecular flexibility index (Phi) is 3.71. The lowest BCUT2D eigenvalue weighted by Crippen LogP contribution is -2.12. The van der Waals surface area contributed by atoms with E-state index in [1.807, 2.05) is 17.1 Å². The van der Waals surface area contributed by atoms with E-state index in [0.29, 0.717) is 6.42 Å². The van der Waals surface area contributed by atoms with Crippen molar-refractivity contribution in [1.82, 2.24) is 9.55 Å². The highest BCUT2D eigenvalue weighted by molar-refractivity contribution is 5.35. The molecule has 3 nitrogen and oxygen atoms in total. The van der Waals surface area contributed by atoms with Gasteiger partial charge >= 0.3 is 0 Å². The molecule has 0 spiro atoms. The average molecular weight is 253 g/mol. The SMILES string of the molecule is CC(C)(C)c1cc(CC#N)cc(Cn2ccnc2)c1. The van der Waals surface area contributed by atoms with Gasteiger partial charge in [-0.2, -0.15) is 5.26 Å². The van der Waals surface area contributed by atoms with Crippen molar-refractivity contribution in [3.63, 3.8) is 0 Å². The smallest absolute Gasteiger partial charge is 0.0949 e. The molecule has 98 valence electrons. The number of aromatic nitrogens is 2. The van der Waals surface area contributed by atoms with Crippen LogP contribution in [-0.4, -0.2) is 9.55 Å². The lowest BCUT2D eigenvalue weighted by molar-refractivity contribution is 0.588. The molecule has 19 heavy (non-hydrogen) atoms. The summed E-state index contributed by atoms with van der Waals surface area (Å²) in [7, 11) is 0. The van der Waals surface area contributed by atoms with Crippen LogP contribution in [0.3, 0.4) is 0 Å². The summed E-state index contributed by atoms with van der Waals surface area (Å²) in [5.74, 6) is 0. The minimum atomic E-state index is 0.0924. The molecule has 0 amide bonds. The molecule has 2 rings (SSSR count). The normalized spacial score (nSPS) is 11.3. The molecule has 1 heterocycles. The number of benzene rings is 1. The Balaban J connectivity index is 2.37. The first-order valence-corrected chi connectivity index (χ1v) is 6.45. The molecule has 0 aliphatic rings. The molecule has 0 unspecified atom stereocenters. The Morgan fingerprint density at radius 2 is 1.95 bits per heavy atom. The molecule has 0 radical (unpaired) electrons. The van der Waals surface area contributed by atoms with Crippen LogP contribution in [0.2, 0.25) is 0 Å². The van der Waals surface area contributed by atoms with Gasteiger partial charge in [-0.1, -0.05) is 39.0 Å². The van der Waals surface area contributed by atoms with Crippen LogP contribution in [0.25, 0.3) is 0 Å². The third-order valence-corrected chi connectivity index (χ3v) is 3.13. The van der Waals surface area contributed by atoms with Crippen LogP contribution < -0.4 is 0 Å². The summed E-state index contributed by atoms with van der Waals surface area (Å²) >= 11 is 0. The van der Waals surface area contributed by atoms with Crippen LogP contribution in [0.15, 0.2) is 36.9 Å². The highest BCUT2D eigenvalue weighted by Gasteiger charge is 2.15. The molecule has 0 saturated heterocycles. The Hall–Kier alpha value is -2.08. The Morgan fingerprint density at radius 1 is 1.21 bits per heavy atom. The Morgan fingerprint density at radius 3 is 2.53 bits per heavy atom. The number of hydrogen-bond donors (Lipinski definition) is 0. The zero-order valence-corrected chi connectivity index (χ0v) is 11.7. The minimum absolute atomic E-state index is 0.0924. The van der Waals surface area contributed by atoms with Crippen LogP contribution in [0.4, 0.5) is 0 Å². The van der Waals surface area contributed by atoms with Crippen molar-refractivity contribution >= 4 is 0 Å². The van der Waals surface area contributed by atoms with Gasteiger partial charge in [0.2, 0.25) is 0 Å². The minimum Gasteiger partial charge on any atom is -0.333 e. The van der Waals surface area contributed by atoms with E-state index in [1.54, 1.807) is 6.20 Å². The van der Waals surface area contributed by atoms with E-state index in [-0.39, 0.29) is 5.41 Å². The van der Waals surface area contributed by atoms with Gasteiger partial charge in [0.05, 0.1) is 18.8 Å². The van der Waals surface area contributed by atoms with Crippen LogP contribution in [0, 0.1) is 11.3 Å². The molecular formula is C16H19N3. The van der Waals surface area contributed by atoms with Crippen molar-refractivity contribution in [2.45, 2.75) is 39.2 Å². The average Bonchev–Trinajstić information content (AvgIpc) is 2.81. The maximum Gasteiger partial charge on any atom is 0.0949 e. The van der Waals surface area contributed by atoms with E-state index >= 15 is 0 Å². The second kappa shape index (κ2) is 5.27. The molecule has 1 aromatic heterocycles. The molecule has 0 bridgehead atoms. The molecule has 0 aliphatic heterocycles. The summed E-state index contributed by atoms with van der Waals surface area (Å²) in [5.41, 5.74) is 3.67. The van der Waals surface area contributed by atoms with Gasteiger partial charge < -0.3 is 4.57 Å². The van der Waals surface area contributed by atoms with Crippen LogP contribution in [0.1, 0.15) is 37.5 Å². The molecular weight excluding hydrogens is 234 g/mol. The second-order valence-corrected chi connectivity index (χ2v) is 5.86. The largest absolute Gasteiger partial charge is 0.333 e. The van der Waals surface area contributed by atoms with E-state index in [9.17, 15) is 0 Å². The molecule has 3 heteroatoms. The van der Waals surface area contributed by atoms with Crippen LogP contribution in [-0.2, 0) is 18.4 Å². The van der Waals surface area contributed by atoms with E-state index in [0.717, 1.165) is 12.1 Å². The number of nitriles is 1. The molecule has 0 atom stereocenters. The first-order chi connectivity index (χ1) is 8.99.